The Balaban J connectivity index is 2.74. The number of halogens is 2. The van der Waals surface area contributed by atoms with Crippen LogP contribution in [0, 0.1) is 23.0 Å². The van der Waals surface area contributed by atoms with E-state index < -0.39 is 11.6 Å². The smallest absolute Gasteiger partial charge is 0.193 e. The lowest BCUT2D eigenvalue weighted by molar-refractivity contribution is 0.262. The van der Waals surface area contributed by atoms with Crippen molar-refractivity contribution in [2.45, 2.75) is 27.7 Å². The lowest BCUT2D eigenvalue weighted by atomic mass is 9.81. The van der Waals surface area contributed by atoms with Gasteiger partial charge in [-0.05, 0) is 23.5 Å². The van der Waals surface area contributed by atoms with Gasteiger partial charge in [-0.1, -0.05) is 27.7 Å². The van der Waals surface area contributed by atoms with Gasteiger partial charge in [0.25, 0.3) is 0 Å². The quantitative estimate of drug-likeness (QED) is 0.650. The van der Waals surface area contributed by atoms with Crippen molar-refractivity contribution in [2.75, 3.05) is 11.9 Å². The summed E-state index contributed by atoms with van der Waals surface area (Å²) in [6, 6.07) is 3.14. The average molecular weight is 269 g/mol. The molecule has 3 nitrogen and oxygen atoms in total. The van der Waals surface area contributed by atoms with E-state index in [0.717, 1.165) is 18.2 Å². The third-order valence-corrected chi connectivity index (χ3v) is 3.41. The van der Waals surface area contributed by atoms with Crippen molar-refractivity contribution in [1.29, 1.82) is 0 Å². The molecule has 3 N–H and O–H groups in total. The van der Waals surface area contributed by atoms with Gasteiger partial charge in [-0.2, -0.15) is 0 Å². The second-order valence-corrected chi connectivity index (χ2v) is 5.59. The lowest BCUT2D eigenvalue weighted by Gasteiger charge is -2.27. The highest BCUT2D eigenvalue weighted by Gasteiger charge is 2.21. The largest absolute Gasteiger partial charge is 0.370 e. The normalized spacial score (nSPS) is 12.9. The lowest BCUT2D eigenvalue weighted by Crippen LogP contribution is -2.28. The minimum absolute atomic E-state index is 0.00716. The number of nitrogens with one attached hydrogen (secondary N) is 1. The molecule has 0 saturated heterocycles. The molecular weight excluding hydrogens is 248 g/mol. The Labute approximate surface area is 112 Å². The molecule has 0 bridgehead atoms. The van der Waals surface area contributed by atoms with Crippen molar-refractivity contribution < 1.29 is 8.78 Å². The first-order chi connectivity index (χ1) is 8.72. The van der Waals surface area contributed by atoms with Crippen LogP contribution in [0.25, 0.3) is 0 Å². The van der Waals surface area contributed by atoms with Gasteiger partial charge in [-0.3, -0.25) is 4.99 Å². The predicted octanol–water partition coefficient (Wildman–Crippen LogP) is 3.37. The molecule has 0 radical (unpaired) electrons. The maximum absolute atomic E-state index is 13.4. The number of guanidine groups is 1. The molecule has 0 aromatic heterocycles. The van der Waals surface area contributed by atoms with Crippen LogP contribution in [-0.4, -0.2) is 12.5 Å². The summed E-state index contributed by atoms with van der Waals surface area (Å²) in [6.45, 7) is 8.88. The Bertz CT molecular complexity index is 468. The predicted molar refractivity (Wildman–Crippen MR) is 75.1 cm³/mol. The standard InChI is InChI=1S/C14H21F2N3/c1-9(2)14(3,4)8-18-13(17)19-12-7-10(15)5-6-11(12)16/h5-7,9H,8H2,1-4H3,(H3,17,18,19). The van der Waals surface area contributed by atoms with Gasteiger partial charge in [0.1, 0.15) is 11.6 Å². The van der Waals surface area contributed by atoms with Crippen LogP contribution >= 0.6 is 0 Å². The second-order valence-electron chi connectivity index (χ2n) is 5.59. The van der Waals surface area contributed by atoms with Crippen molar-refractivity contribution in [3.63, 3.8) is 0 Å². The van der Waals surface area contributed by atoms with Crippen molar-refractivity contribution in [2.24, 2.45) is 22.1 Å². The van der Waals surface area contributed by atoms with E-state index in [1.165, 1.54) is 0 Å². The Hall–Kier alpha value is -1.65. The summed E-state index contributed by atoms with van der Waals surface area (Å²) < 4.78 is 26.4. The van der Waals surface area contributed by atoms with E-state index in [1.54, 1.807) is 0 Å². The molecule has 1 rings (SSSR count). The Morgan fingerprint density at radius 1 is 1.37 bits per heavy atom. The van der Waals surface area contributed by atoms with Gasteiger partial charge in [-0.25, -0.2) is 8.78 Å². The van der Waals surface area contributed by atoms with Crippen LogP contribution < -0.4 is 11.1 Å². The van der Waals surface area contributed by atoms with E-state index in [4.69, 9.17) is 5.73 Å². The first kappa shape index (κ1) is 15.4. The van der Waals surface area contributed by atoms with Crippen LogP contribution in [0.1, 0.15) is 27.7 Å². The molecular formula is C14H21F2N3. The number of hydrogen-bond acceptors (Lipinski definition) is 1. The van der Waals surface area contributed by atoms with Crippen molar-refractivity contribution in [3.05, 3.63) is 29.8 Å². The summed E-state index contributed by atoms with van der Waals surface area (Å²) in [4.78, 5) is 4.18. The molecule has 0 amide bonds. The number of aliphatic imine (C=N–C) groups is 1. The Morgan fingerprint density at radius 3 is 2.58 bits per heavy atom. The summed E-state index contributed by atoms with van der Waals surface area (Å²) in [6.07, 6.45) is 0. The van der Waals surface area contributed by atoms with Crippen LogP contribution in [0.4, 0.5) is 14.5 Å². The fourth-order valence-corrected chi connectivity index (χ4v) is 1.24. The number of benzene rings is 1. The third kappa shape index (κ3) is 4.50. The fourth-order valence-electron chi connectivity index (χ4n) is 1.24. The third-order valence-electron chi connectivity index (χ3n) is 3.41. The van der Waals surface area contributed by atoms with Crippen LogP contribution in [0.2, 0.25) is 0 Å². The van der Waals surface area contributed by atoms with Gasteiger partial charge in [-0.15, -0.1) is 0 Å². The molecule has 0 aliphatic rings. The van der Waals surface area contributed by atoms with Gasteiger partial charge < -0.3 is 11.1 Å². The molecule has 106 valence electrons. The highest BCUT2D eigenvalue weighted by molar-refractivity contribution is 5.92. The molecule has 0 heterocycles. The monoisotopic (exact) mass is 269 g/mol. The zero-order valence-corrected chi connectivity index (χ0v) is 11.8. The van der Waals surface area contributed by atoms with Crippen LogP contribution in [0.5, 0.6) is 0 Å². The van der Waals surface area contributed by atoms with Crippen LogP contribution in [0.3, 0.4) is 0 Å². The number of nitrogens with two attached hydrogens (primary N) is 1. The summed E-state index contributed by atoms with van der Waals surface area (Å²) in [5.41, 5.74) is 5.66. The van der Waals surface area contributed by atoms with E-state index >= 15 is 0 Å². The van der Waals surface area contributed by atoms with Gasteiger partial charge in [0.05, 0.1) is 5.69 Å². The molecule has 19 heavy (non-hydrogen) atoms. The SMILES string of the molecule is CC(C)C(C)(C)CN=C(N)Nc1cc(F)ccc1F. The summed E-state index contributed by atoms with van der Waals surface area (Å²) >= 11 is 0. The average Bonchev–Trinajstić information content (AvgIpc) is 2.31. The molecule has 1 aromatic carbocycles. The maximum Gasteiger partial charge on any atom is 0.193 e. The molecule has 5 heteroatoms. The number of rotatable bonds is 4. The first-order valence-corrected chi connectivity index (χ1v) is 6.24. The van der Waals surface area contributed by atoms with Crippen molar-refractivity contribution >= 4 is 11.6 Å². The van der Waals surface area contributed by atoms with Gasteiger partial charge in [0.15, 0.2) is 5.96 Å². The summed E-state index contributed by atoms with van der Waals surface area (Å²) in [7, 11) is 0. The number of anilines is 1. The molecule has 0 aliphatic heterocycles. The fraction of sp³-hybridized carbons (Fsp3) is 0.500. The highest BCUT2D eigenvalue weighted by atomic mass is 19.1. The Morgan fingerprint density at radius 2 is 2.00 bits per heavy atom. The molecule has 0 aliphatic carbocycles. The first-order valence-electron chi connectivity index (χ1n) is 6.24. The molecule has 1 aromatic rings. The van der Waals surface area contributed by atoms with Crippen molar-refractivity contribution in [1.82, 2.24) is 0 Å². The zero-order chi connectivity index (χ0) is 14.6. The van der Waals surface area contributed by atoms with E-state index in [-0.39, 0.29) is 17.1 Å². The van der Waals surface area contributed by atoms with Gasteiger partial charge in [0.2, 0.25) is 0 Å². The minimum atomic E-state index is -0.567. The van der Waals surface area contributed by atoms with Gasteiger partial charge >= 0.3 is 0 Å². The maximum atomic E-state index is 13.4. The topological polar surface area (TPSA) is 50.4 Å². The molecule has 0 atom stereocenters. The van der Waals surface area contributed by atoms with E-state index in [0.29, 0.717) is 12.5 Å². The summed E-state index contributed by atoms with van der Waals surface area (Å²) in [5, 5.41) is 2.58. The molecule has 0 fully saturated rings. The van der Waals surface area contributed by atoms with E-state index in [9.17, 15) is 8.78 Å². The number of nitrogens with zero attached hydrogens (tertiary/aromatic N) is 1. The zero-order valence-electron chi connectivity index (χ0n) is 11.8. The minimum Gasteiger partial charge on any atom is -0.370 e. The van der Waals surface area contributed by atoms with Crippen LogP contribution in [0.15, 0.2) is 23.2 Å². The van der Waals surface area contributed by atoms with E-state index in [2.05, 4.69) is 38.0 Å². The number of hydrogen-bond donors (Lipinski definition) is 2. The highest BCUT2D eigenvalue weighted by Crippen LogP contribution is 2.26. The Kier molecular flexibility index (Phi) is 4.86. The van der Waals surface area contributed by atoms with Crippen LogP contribution in [-0.2, 0) is 0 Å². The van der Waals surface area contributed by atoms with E-state index in [1.807, 2.05) is 0 Å². The molecule has 0 spiro atoms. The molecule has 0 saturated carbocycles. The second kappa shape index (κ2) is 5.99. The molecule has 0 unspecified atom stereocenters. The summed E-state index contributed by atoms with van der Waals surface area (Å²) in [5.74, 6) is -0.574. The van der Waals surface area contributed by atoms with Crippen molar-refractivity contribution in [3.8, 4) is 0 Å². The van der Waals surface area contributed by atoms with Gasteiger partial charge in [0, 0.05) is 12.6 Å².